The van der Waals surface area contributed by atoms with Crippen LogP contribution < -0.4 is 5.56 Å². The monoisotopic (exact) mass is 274 g/mol. The maximum absolute atomic E-state index is 11.8. The zero-order chi connectivity index (χ0) is 14.9. The molecule has 0 saturated carbocycles. The molecule has 0 saturated heterocycles. The molecule has 0 unspecified atom stereocenters. The molecule has 5 nitrogen and oxygen atoms in total. The van der Waals surface area contributed by atoms with Gasteiger partial charge in [0, 0.05) is 30.4 Å². The first-order chi connectivity index (χ1) is 9.31. The van der Waals surface area contributed by atoms with Gasteiger partial charge in [-0.1, -0.05) is 34.1 Å². The molecule has 2 heterocycles. The molecule has 0 spiro atoms. The SMILES string of the molecule is CCCc1cc(=O)[nH]c(-c2cn(C)nc2C(C)(C)C)n1. The number of aromatic nitrogens is 4. The van der Waals surface area contributed by atoms with Gasteiger partial charge in [0.2, 0.25) is 0 Å². The van der Waals surface area contributed by atoms with Crippen molar-refractivity contribution in [3.8, 4) is 11.4 Å². The minimum atomic E-state index is -0.109. The van der Waals surface area contributed by atoms with E-state index in [9.17, 15) is 4.79 Å². The highest BCUT2D eigenvalue weighted by atomic mass is 16.1. The molecule has 0 fully saturated rings. The summed E-state index contributed by atoms with van der Waals surface area (Å²) in [5, 5.41) is 4.52. The molecule has 0 radical (unpaired) electrons. The van der Waals surface area contributed by atoms with Gasteiger partial charge in [0.15, 0.2) is 0 Å². The summed E-state index contributed by atoms with van der Waals surface area (Å²) in [6, 6.07) is 1.57. The third-order valence-electron chi connectivity index (χ3n) is 3.10. The first-order valence-electron chi connectivity index (χ1n) is 6.96. The second-order valence-electron chi connectivity index (χ2n) is 6.15. The van der Waals surface area contributed by atoms with E-state index in [1.165, 1.54) is 0 Å². The van der Waals surface area contributed by atoms with Gasteiger partial charge in [-0.2, -0.15) is 5.10 Å². The quantitative estimate of drug-likeness (QED) is 0.935. The van der Waals surface area contributed by atoms with E-state index in [0.29, 0.717) is 5.82 Å². The van der Waals surface area contributed by atoms with Crippen LogP contribution in [0.2, 0.25) is 0 Å². The molecule has 108 valence electrons. The first-order valence-corrected chi connectivity index (χ1v) is 6.96. The van der Waals surface area contributed by atoms with Crippen molar-refractivity contribution in [2.75, 3.05) is 0 Å². The molecule has 2 aromatic rings. The Labute approximate surface area is 119 Å². The summed E-state index contributed by atoms with van der Waals surface area (Å²) in [6.45, 7) is 8.39. The first kappa shape index (κ1) is 14.5. The highest BCUT2D eigenvalue weighted by Crippen LogP contribution is 2.29. The van der Waals surface area contributed by atoms with Crippen LogP contribution in [0.5, 0.6) is 0 Å². The second-order valence-corrected chi connectivity index (χ2v) is 6.15. The molecule has 0 aromatic carbocycles. The lowest BCUT2D eigenvalue weighted by molar-refractivity contribution is 0.554. The lowest BCUT2D eigenvalue weighted by atomic mass is 9.89. The van der Waals surface area contributed by atoms with E-state index in [1.54, 1.807) is 10.7 Å². The van der Waals surface area contributed by atoms with Gasteiger partial charge in [-0.25, -0.2) is 4.98 Å². The molecule has 0 aliphatic carbocycles. The van der Waals surface area contributed by atoms with Crippen molar-refractivity contribution >= 4 is 0 Å². The Balaban J connectivity index is 2.60. The molecule has 1 N–H and O–H groups in total. The fourth-order valence-corrected chi connectivity index (χ4v) is 2.24. The lowest BCUT2D eigenvalue weighted by Crippen LogP contribution is -2.16. The molecule has 5 heteroatoms. The van der Waals surface area contributed by atoms with Crippen LogP contribution in [-0.4, -0.2) is 19.7 Å². The topological polar surface area (TPSA) is 63.6 Å². The molecule has 0 aliphatic rings. The second kappa shape index (κ2) is 5.23. The van der Waals surface area contributed by atoms with Crippen LogP contribution in [0.15, 0.2) is 17.1 Å². The Kier molecular flexibility index (Phi) is 3.79. The Morgan fingerprint density at radius 3 is 2.65 bits per heavy atom. The number of aryl methyl sites for hydroxylation is 2. The Bertz CT molecular complexity index is 661. The van der Waals surface area contributed by atoms with Crippen LogP contribution in [0.4, 0.5) is 0 Å². The molecular weight excluding hydrogens is 252 g/mol. The Morgan fingerprint density at radius 1 is 1.35 bits per heavy atom. The van der Waals surface area contributed by atoms with Crippen molar-refractivity contribution in [1.82, 2.24) is 19.7 Å². The van der Waals surface area contributed by atoms with Crippen molar-refractivity contribution in [2.45, 2.75) is 46.0 Å². The normalized spacial score (nSPS) is 11.8. The van der Waals surface area contributed by atoms with Crippen molar-refractivity contribution < 1.29 is 0 Å². The molecule has 2 aromatic heterocycles. The smallest absolute Gasteiger partial charge is 0.251 e. The summed E-state index contributed by atoms with van der Waals surface area (Å²) in [6.07, 6.45) is 3.69. The molecule has 0 amide bonds. The summed E-state index contributed by atoms with van der Waals surface area (Å²) in [5.74, 6) is 0.610. The molecule has 0 bridgehead atoms. The zero-order valence-corrected chi connectivity index (χ0v) is 12.8. The maximum Gasteiger partial charge on any atom is 0.251 e. The number of aromatic amines is 1. The maximum atomic E-state index is 11.8. The van der Waals surface area contributed by atoms with Crippen molar-refractivity contribution in [3.63, 3.8) is 0 Å². The number of hydrogen-bond donors (Lipinski definition) is 1. The highest BCUT2D eigenvalue weighted by molar-refractivity contribution is 5.59. The fraction of sp³-hybridized carbons (Fsp3) is 0.533. The van der Waals surface area contributed by atoms with Crippen molar-refractivity contribution in [1.29, 1.82) is 0 Å². The Hall–Kier alpha value is -1.91. The summed E-state index contributed by atoms with van der Waals surface area (Å²) in [5.41, 5.74) is 2.46. The van der Waals surface area contributed by atoms with Gasteiger partial charge < -0.3 is 4.98 Å². The van der Waals surface area contributed by atoms with Gasteiger partial charge in [0.05, 0.1) is 11.3 Å². The average Bonchev–Trinajstić information content (AvgIpc) is 2.71. The third-order valence-corrected chi connectivity index (χ3v) is 3.10. The van der Waals surface area contributed by atoms with Crippen LogP contribution in [0.1, 0.15) is 45.5 Å². The summed E-state index contributed by atoms with van der Waals surface area (Å²) in [4.78, 5) is 19.2. The molecular formula is C15H22N4O. The molecule has 0 atom stereocenters. The number of rotatable bonds is 3. The van der Waals surface area contributed by atoms with E-state index in [1.807, 2.05) is 13.2 Å². The summed E-state index contributed by atoms with van der Waals surface area (Å²) < 4.78 is 1.77. The Morgan fingerprint density at radius 2 is 2.05 bits per heavy atom. The number of nitrogens with one attached hydrogen (secondary N) is 1. The van der Waals surface area contributed by atoms with Crippen molar-refractivity contribution in [3.05, 3.63) is 34.0 Å². The van der Waals surface area contributed by atoms with Crippen LogP contribution in [-0.2, 0) is 18.9 Å². The van der Waals surface area contributed by atoms with Gasteiger partial charge in [-0.15, -0.1) is 0 Å². The molecule has 20 heavy (non-hydrogen) atoms. The number of nitrogens with zero attached hydrogens (tertiary/aromatic N) is 3. The van der Waals surface area contributed by atoms with Gasteiger partial charge in [-0.3, -0.25) is 9.48 Å². The standard InChI is InChI=1S/C15H22N4O/c1-6-7-10-8-12(20)17-14(16-10)11-9-19(5)18-13(11)15(2,3)4/h8-9H,6-7H2,1-5H3,(H,16,17,20). The van der Waals surface area contributed by atoms with Crippen LogP contribution in [0, 0.1) is 0 Å². The van der Waals surface area contributed by atoms with E-state index in [0.717, 1.165) is 29.8 Å². The van der Waals surface area contributed by atoms with E-state index in [4.69, 9.17) is 0 Å². The molecule has 2 rings (SSSR count). The summed E-state index contributed by atoms with van der Waals surface area (Å²) in [7, 11) is 1.88. The van der Waals surface area contributed by atoms with Crippen molar-refractivity contribution in [2.24, 2.45) is 7.05 Å². The lowest BCUT2D eigenvalue weighted by Gasteiger charge is -2.17. The number of hydrogen-bond acceptors (Lipinski definition) is 3. The third kappa shape index (κ3) is 2.98. The van der Waals surface area contributed by atoms with Gasteiger partial charge >= 0.3 is 0 Å². The van der Waals surface area contributed by atoms with Crippen LogP contribution in [0.25, 0.3) is 11.4 Å². The van der Waals surface area contributed by atoms with Crippen LogP contribution in [0.3, 0.4) is 0 Å². The van der Waals surface area contributed by atoms with E-state index in [2.05, 4.69) is 42.8 Å². The minimum Gasteiger partial charge on any atom is -0.306 e. The van der Waals surface area contributed by atoms with Gasteiger partial charge in [0.25, 0.3) is 5.56 Å². The highest BCUT2D eigenvalue weighted by Gasteiger charge is 2.24. The largest absolute Gasteiger partial charge is 0.306 e. The van der Waals surface area contributed by atoms with Crippen LogP contribution >= 0.6 is 0 Å². The van der Waals surface area contributed by atoms with Gasteiger partial charge in [-0.05, 0) is 6.42 Å². The summed E-state index contributed by atoms with van der Waals surface area (Å²) >= 11 is 0. The predicted octanol–water partition coefficient (Wildman–Crippen LogP) is 2.42. The van der Waals surface area contributed by atoms with E-state index >= 15 is 0 Å². The molecule has 0 aliphatic heterocycles. The fourth-order valence-electron chi connectivity index (χ4n) is 2.24. The predicted molar refractivity (Wildman–Crippen MR) is 79.8 cm³/mol. The van der Waals surface area contributed by atoms with Gasteiger partial charge in [0.1, 0.15) is 5.82 Å². The zero-order valence-electron chi connectivity index (χ0n) is 12.8. The van der Waals surface area contributed by atoms with E-state index in [-0.39, 0.29) is 11.0 Å². The van der Waals surface area contributed by atoms with E-state index < -0.39 is 0 Å². The average molecular weight is 274 g/mol. The minimum absolute atomic E-state index is 0.101. The number of H-pyrrole nitrogens is 1.